The molecule has 26 heavy (non-hydrogen) atoms. The van der Waals surface area contributed by atoms with Gasteiger partial charge in [-0.25, -0.2) is 4.79 Å². The van der Waals surface area contributed by atoms with E-state index in [1.807, 2.05) is 81.4 Å². The Morgan fingerprint density at radius 1 is 1.00 bits per heavy atom. The van der Waals surface area contributed by atoms with E-state index in [9.17, 15) is 9.59 Å². The minimum atomic E-state index is -0.789. The quantitative estimate of drug-likeness (QED) is 0.885. The summed E-state index contributed by atoms with van der Waals surface area (Å²) in [6.07, 6.45) is -0.549. The van der Waals surface area contributed by atoms with Crippen molar-refractivity contribution in [2.75, 3.05) is 7.11 Å². The predicted molar refractivity (Wildman–Crippen MR) is 101 cm³/mol. The monoisotopic (exact) mass is 354 g/mol. The van der Waals surface area contributed by atoms with Gasteiger partial charge in [0, 0.05) is 5.54 Å². The molecule has 0 aliphatic carbocycles. The Morgan fingerprint density at radius 3 is 2.04 bits per heavy atom. The van der Waals surface area contributed by atoms with Gasteiger partial charge in [0.1, 0.15) is 6.04 Å². The first-order chi connectivity index (χ1) is 12.3. The number of nitrogens with zero attached hydrogens (tertiary/aromatic N) is 1. The van der Waals surface area contributed by atoms with Crippen molar-refractivity contribution in [3.8, 4) is 0 Å². The van der Waals surface area contributed by atoms with Crippen LogP contribution in [0.4, 0.5) is 4.79 Å². The first-order valence-electron chi connectivity index (χ1n) is 8.57. The van der Waals surface area contributed by atoms with Crippen LogP contribution in [-0.2, 0) is 16.1 Å². The molecule has 2 aromatic carbocycles. The Bertz CT molecular complexity index is 724. The molecule has 1 N–H and O–H groups in total. The average Bonchev–Trinajstić information content (AvgIpc) is 2.61. The van der Waals surface area contributed by atoms with E-state index in [1.54, 1.807) is 0 Å². The molecule has 0 heterocycles. The molecular formula is C21H26N2O3. The van der Waals surface area contributed by atoms with E-state index in [0.29, 0.717) is 0 Å². The maximum absolute atomic E-state index is 13.1. The number of hydrogen-bond acceptors (Lipinski definition) is 3. The van der Waals surface area contributed by atoms with Crippen molar-refractivity contribution in [3.05, 3.63) is 71.8 Å². The van der Waals surface area contributed by atoms with Crippen LogP contribution in [0, 0.1) is 0 Å². The standard InChI is InChI=1S/C21H26N2O3/c1-21(2,3)22-19(24)18(17-13-9-6-10-14-17)23(20(25)26-4)15-16-11-7-5-8-12-16/h5-14,18H,15H2,1-4H3,(H,22,24). The molecule has 0 bridgehead atoms. The second-order valence-corrected chi connectivity index (χ2v) is 7.14. The van der Waals surface area contributed by atoms with E-state index < -0.39 is 17.7 Å². The number of nitrogens with one attached hydrogen (secondary N) is 1. The molecule has 5 heteroatoms. The first-order valence-corrected chi connectivity index (χ1v) is 8.57. The fraction of sp³-hybridized carbons (Fsp3) is 0.333. The molecule has 0 aliphatic rings. The molecule has 0 saturated heterocycles. The SMILES string of the molecule is COC(=O)N(Cc1ccccc1)C(C(=O)NC(C)(C)C)c1ccccc1. The van der Waals surface area contributed by atoms with Gasteiger partial charge in [-0.15, -0.1) is 0 Å². The van der Waals surface area contributed by atoms with E-state index in [-0.39, 0.29) is 12.5 Å². The zero-order valence-electron chi connectivity index (χ0n) is 15.7. The number of carbonyl (C=O) groups excluding carboxylic acids is 2. The molecule has 1 atom stereocenters. The fourth-order valence-corrected chi connectivity index (χ4v) is 2.70. The third-order valence-electron chi connectivity index (χ3n) is 3.78. The van der Waals surface area contributed by atoms with Crippen LogP contribution in [-0.4, -0.2) is 29.5 Å². The number of rotatable bonds is 5. The van der Waals surface area contributed by atoms with Gasteiger partial charge in [-0.1, -0.05) is 60.7 Å². The lowest BCUT2D eigenvalue weighted by Gasteiger charge is -2.32. The lowest BCUT2D eigenvalue weighted by Crippen LogP contribution is -2.49. The Hall–Kier alpha value is -2.82. The lowest BCUT2D eigenvalue weighted by molar-refractivity contribution is -0.127. The minimum absolute atomic E-state index is 0.245. The molecular weight excluding hydrogens is 328 g/mol. The Labute approximate surface area is 155 Å². The van der Waals surface area contributed by atoms with Crippen LogP contribution in [0.3, 0.4) is 0 Å². The Kier molecular flexibility index (Phi) is 6.39. The highest BCUT2D eigenvalue weighted by molar-refractivity contribution is 5.87. The molecule has 0 spiro atoms. The summed E-state index contributed by atoms with van der Waals surface area (Å²) in [7, 11) is 1.32. The Morgan fingerprint density at radius 2 is 1.54 bits per heavy atom. The topological polar surface area (TPSA) is 58.6 Å². The number of carbonyl (C=O) groups is 2. The van der Waals surface area contributed by atoms with E-state index >= 15 is 0 Å². The summed E-state index contributed by atoms with van der Waals surface area (Å²) in [5.74, 6) is -0.245. The molecule has 1 unspecified atom stereocenters. The third kappa shape index (κ3) is 5.34. The second-order valence-electron chi connectivity index (χ2n) is 7.14. The van der Waals surface area contributed by atoms with Crippen molar-refractivity contribution in [3.63, 3.8) is 0 Å². The van der Waals surface area contributed by atoms with Gasteiger partial charge in [-0.2, -0.15) is 0 Å². The summed E-state index contributed by atoms with van der Waals surface area (Å²) in [6.45, 7) is 6.00. The zero-order chi connectivity index (χ0) is 19.2. The van der Waals surface area contributed by atoms with Crippen molar-refractivity contribution in [2.24, 2.45) is 0 Å². The molecule has 2 aromatic rings. The van der Waals surface area contributed by atoms with Gasteiger partial charge < -0.3 is 10.1 Å². The number of benzene rings is 2. The van der Waals surface area contributed by atoms with Crippen LogP contribution >= 0.6 is 0 Å². The van der Waals surface area contributed by atoms with E-state index in [0.717, 1.165) is 11.1 Å². The second kappa shape index (κ2) is 8.52. The maximum atomic E-state index is 13.1. The molecule has 0 saturated carbocycles. The summed E-state index contributed by atoms with van der Waals surface area (Å²) in [5, 5.41) is 2.97. The molecule has 2 amide bonds. The van der Waals surface area contributed by atoms with Gasteiger partial charge in [-0.3, -0.25) is 9.69 Å². The lowest BCUT2D eigenvalue weighted by atomic mass is 10.0. The normalized spacial score (nSPS) is 12.2. The number of methoxy groups -OCH3 is 1. The highest BCUT2D eigenvalue weighted by Gasteiger charge is 2.33. The molecule has 138 valence electrons. The van der Waals surface area contributed by atoms with Crippen molar-refractivity contribution < 1.29 is 14.3 Å². The predicted octanol–water partition coefficient (Wildman–Crippen LogP) is 3.91. The van der Waals surface area contributed by atoms with Crippen LogP contribution in [0.1, 0.15) is 37.9 Å². The van der Waals surface area contributed by atoms with Crippen molar-refractivity contribution >= 4 is 12.0 Å². The molecule has 0 aliphatic heterocycles. The van der Waals surface area contributed by atoms with Crippen LogP contribution in [0.25, 0.3) is 0 Å². The first kappa shape index (κ1) is 19.5. The number of amides is 2. The third-order valence-corrected chi connectivity index (χ3v) is 3.78. The van der Waals surface area contributed by atoms with Crippen LogP contribution in [0.15, 0.2) is 60.7 Å². The highest BCUT2D eigenvalue weighted by atomic mass is 16.5. The smallest absolute Gasteiger partial charge is 0.410 e. The highest BCUT2D eigenvalue weighted by Crippen LogP contribution is 2.25. The van der Waals surface area contributed by atoms with E-state index in [1.165, 1.54) is 12.0 Å². The summed E-state index contributed by atoms with van der Waals surface area (Å²) >= 11 is 0. The largest absolute Gasteiger partial charge is 0.453 e. The van der Waals surface area contributed by atoms with Crippen molar-refractivity contribution in [1.29, 1.82) is 0 Å². The summed E-state index contributed by atoms with van der Waals surface area (Å²) in [6, 6.07) is 18.0. The molecule has 0 aromatic heterocycles. The van der Waals surface area contributed by atoms with Gasteiger partial charge >= 0.3 is 6.09 Å². The summed E-state index contributed by atoms with van der Waals surface area (Å²) in [4.78, 5) is 27.0. The van der Waals surface area contributed by atoms with Gasteiger partial charge in [0.05, 0.1) is 13.7 Å². The zero-order valence-corrected chi connectivity index (χ0v) is 15.7. The maximum Gasteiger partial charge on any atom is 0.410 e. The van der Waals surface area contributed by atoms with Crippen LogP contribution in [0.2, 0.25) is 0 Å². The van der Waals surface area contributed by atoms with E-state index in [4.69, 9.17) is 4.74 Å². The number of hydrogen-bond donors (Lipinski definition) is 1. The van der Waals surface area contributed by atoms with Gasteiger partial charge in [0.15, 0.2) is 0 Å². The summed E-state index contributed by atoms with van der Waals surface area (Å²) < 4.78 is 4.97. The Balaban J connectivity index is 2.43. The van der Waals surface area contributed by atoms with E-state index in [2.05, 4.69) is 5.32 Å². The minimum Gasteiger partial charge on any atom is -0.453 e. The average molecular weight is 354 g/mol. The van der Waals surface area contributed by atoms with Crippen molar-refractivity contribution in [1.82, 2.24) is 10.2 Å². The molecule has 0 fully saturated rings. The molecule has 5 nitrogen and oxygen atoms in total. The van der Waals surface area contributed by atoms with Gasteiger partial charge in [0.2, 0.25) is 5.91 Å². The van der Waals surface area contributed by atoms with Crippen LogP contribution < -0.4 is 5.32 Å². The molecule has 2 rings (SSSR count). The van der Waals surface area contributed by atoms with Gasteiger partial charge in [-0.05, 0) is 31.9 Å². The molecule has 0 radical (unpaired) electrons. The fourth-order valence-electron chi connectivity index (χ4n) is 2.70. The summed E-state index contributed by atoms with van der Waals surface area (Å²) in [5.41, 5.74) is 1.23. The van der Waals surface area contributed by atoms with Gasteiger partial charge in [0.25, 0.3) is 0 Å². The van der Waals surface area contributed by atoms with Crippen LogP contribution in [0.5, 0.6) is 0 Å². The number of ether oxygens (including phenoxy) is 1. The van der Waals surface area contributed by atoms with Crippen molar-refractivity contribution in [2.45, 2.75) is 38.9 Å².